The van der Waals surface area contributed by atoms with Gasteiger partial charge in [0.05, 0.1) is 22.7 Å². The van der Waals surface area contributed by atoms with Crippen LogP contribution < -0.4 is 5.32 Å². The molecule has 1 rings (SSSR count). The lowest BCUT2D eigenvalue weighted by Gasteiger charge is -2.20. The Morgan fingerprint density at radius 2 is 1.89 bits per heavy atom. The van der Waals surface area contributed by atoms with E-state index >= 15 is 0 Å². The summed E-state index contributed by atoms with van der Waals surface area (Å²) in [6.45, 7) is 3.61. The van der Waals surface area contributed by atoms with Gasteiger partial charge in [-0.1, -0.05) is 43.1 Å². The van der Waals surface area contributed by atoms with Gasteiger partial charge in [0.1, 0.15) is 6.04 Å². The van der Waals surface area contributed by atoms with Crippen molar-refractivity contribution in [3.63, 3.8) is 0 Å². The van der Waals surface area contributed by atoms with Gasteiger partial charge >= 0.3 is 5.97 Å². The summed E-state index contributed by atoms with van der Waals surface area (Å²) in [6.07, 6.45) is 0. The third kappa shape index (κ3) is 3.85. The number of nitrogens with one attached hydrogen (secondary N) is 1. The van der Waals surface area contributed by atoms with Crippen LogP contribution in [-0.2, 0) is 9.53 Å². The van der Waals surface area contributed by atoms with Gasteiger partial charge in [-0.2, -0.15) is 0 Å². The molecule has 0 bridgehead atoms. The van der Waals surface area contributed by atoms with Gasteiger partial charge in [-0.05, 0) is 18.1 Å². The Kier molecular flexibility index (Phi) is 5.63. The molecule has 1 aromatic rings. The van der Waals surface area contributed by atoms with Crippen molar-refractivity contribution < 1.29 is 14.3 Å². The first-order valence-corrected chi connectivity index (χ1v) is 6.46. The third-order valence-corrected chi connectivity index (χ3v) is 3.42. The molecule has 1 atom stereocenters. The average molecular weight is 304 g/mol. The maximum atomic E-state index is 12.1. The highest BCUT2D eigenvalue weighted by atomic mass is 35.5. The van der Waals surface area contributed by atoms with E-state index in [0.29, 0.717) is 0 Å². The van der Waals surface area contributed by atoms with E-state index < -0.39 is 17.9 Å². The molecule has 0 aliphatic heterocycles. The SMILES string of the molecule is COC(=O)C(NC(=O)c1cccc(Cl)c1Cl)C(C)C. The fraction of sp³-hybridized carbons (Fsp3) is 0.385. The van der Waals surface area contributed by atoms with Gasteiger partial charge in [0.25, 0.3) is 5.91 Å². The molecular weight excluding hydrogens is 289 g/mol. The van der Waals surface area contributed by atoms with E-state index in [9.17, 15) is 9.59 Å². The predicted octanol–water partition coefficient (Wildman–Crippen LogP) is 2.92. The molecule has 0 saturated heterocycles. The summed E-state index contributed by atoms with van der Waals surface area (Å²) >= 11 is 11.8. The Bertz CT molecular complexity index is 489. The molecule has 104 valence electrons. The fourth-order valence-electron chi connectivity index (χ4n) is 1.52. The number of benzene rings is 1. The van der Waals surface area contributed by atoms with E-state index in [1.165, 1.54) is 13.2 Å². The van der Waals surface area contributed by atoms with Gasteiger partial charge in [0.15, 0.2) is 0 Å². The topological polar surface area (TPSA) is 55.4 Å². The van der Waals surface area contributed by atoms with Crippen molar-refractivity contribution in [3.05, 3.63) is 33.8 Å². The minimum Gasteiger partial charge on any atom is -0.467 e. The van der Waals surface area contributed by atoms with Crippen molar-refractivity contribution in [1.29, 1.82) is 0 Å². The van der Waals surface area contributed by atoms with Crippen LogP contribution in [0.3, 0.4) is 0 Å². The van der Waals surface area contributed by atoms with Crippen molar-refractivity contribution in [2.45, 2.75) is 19.9 Å². The van der Waals surface area contributed by atoms with Gasteiger partial charge in [-0.15, -0.1) is 0 Å². The molecule has 0 aliphatic carbocycles. The van der Waals surface area contributed by atoms with E-state index in [0.717, 1.165) is 0 Å². The van der Waals surface area contributed by atoms with E-state index in [1.54, 1.807) is 26.0 Å². The summed E-state index contributed by atoms with van der Waals surface area (Å²) in [5.74, 6) is -1.06. The Morgan fingerprint density at radius 1 is 1.26 bits per heavy atom. The zero-order valence-electron chi connectivity index (χ0n) is 10.9. The summed E-state index contributed by atoms with van der Waals surface area (Å²) in [6, 6.07) is 4.01. The molecule has 0 spiro atoms. The number of amides is 1. The molecule has 1 amide bonds. The zero-order valence-corrected chi connectivity index (χ0v) is 12.4. The number of halogens is 2. The fourth-order valence-corrected chi connectivity index (χ4v) is 1.91. The first-order chi connectivity index (χ1) is 8.88. The van der Waals surface area contributed by atoms with Gasteiger partial charge in [-0.3, -0.25) is 4.79 Å². The highest BCUT2D eigenvalue weighted by molar-refractivity contribution is 6.43. The second-order valence-corrected chi connectivity index (χ2v) is 5.10. The molecule has 0 heterocycles. The molecule has 1 unspecified atom stereocenters. The standard InChI is InChI=1S/C13H15Cl2NO3/c1-7(2)11(13(18)19-3)16-12(17)8-5-4-6-9(14)10(8)15/h4-7,11H,1-3H3,(H,16,17). The highest BCUT2D eigenvalue weighted by Gasteiger charge is 2.26. The lowest BCUT2D eigenvalue weighted by Crippen LogP contribution is -2.45. The zero-order chi connectivity index (χ0) is 14.6. The normalized spacial score (nSPS) is 12.1. The van der Waals surface area contributed by atoms with Gasteiger partial charge < -0.3 is 10.1 Å². The predicted molar refractivity (Wildman–Crippen MR) is 74.6 cm³/mol. The Hall–Kier alpha value is -1.26. The second-order valence-electron chi connectivity index (χ2n) is 4.32. The molecule has 4 nitrogen and oxygen atoms in total. The molecule has 0 aliphatic rings. The number of hydrogen-bond donors (Lipinski definition) is 1. The molecule has 0 fully saturated rings. The quantitative estimate of drug-likeness (QED) is 0.870. The Labute approximate surface area is 122 Å². The summed E-state index contributed by atoms with van der Waals surface area (Å²) in [5, 5.41) is 3.04. The summed E-state index contributed by atoms with van der Waals surface area (Å²) in [4.78, 5) is 23.7. The molecule has 19 heavy (non-hydrogen) atoms. The summed E-state index contributed by atoms with van der Waals surface area (Å²) < 4.78 is 4.65. The number of carbonyl (C=O) groups is 2. The first-order valence-electron chi connectivity index (χ1n) is 5.71. The first kappa shape index (κ1) is 15.8. The van der Waals surface area contributed by atoms with Crippen LogP contribution in [0, 0.1) is 5.92 Å². The molecule has 1 N–H and O–H groups in total. The third-order valence-electron chi connectivity index (χ3n) is 2.60. The Morgan fingerprint density at radius 3 is 2.42 bits per heavy atom. The summed E-state index contributed by atoms with van der Waals surface area (Å²) in [7, 11) is 1.27. The molecular formula is C13H15Cl2NO3. The van der Waals surface area contributed by atoms with E-state index in [2.05, 4.69) is 10.1 Å². The maximum absolute atomic E-state index is 12.1. The second kappa shape index (κ2) is 6.78. The smallest absolute Gasteiger partial charge is 0.328 e. The van der Waals surface area contributed by atoms with Crippen molar-refractivity contribution in [1.82, 2.24) is 5.32 Å². The molecule has 6 heteroatoms. The monoisotopic (exact) mass is 303 g/mol. The van der Waals surface area contributed by atoms with Crippen LogP contribution in [0.15, 0.2) is 18.2 Å². The van der Waals surface area contributed by atoms with Crippen LogP contribution in [0.5, 0.6) is 0 Å². The Balaban J connectivity index is 2.94. The number of methoxy groups -OCH3 is 1. The maximum Gasteiger partial charge on any atom is 0.328 e. The highest BCUT2D eigenvalue weighted by Crippen LogP contribution is 2.25. The largest absolute Gasteiger partial charge is 0.467 e. The number of carbonyl (C=O) groups excluding carboxylic acids is 2. The van der Waals surface area contributed by atoms with Crippen LogP contribution >= 0.6 is 23.2 Å². The number of esters is 1. The molecule has 0 aromatic heterocycles. The molecule has 0 radical (unpaired) electrons. The van der Waals surface area contributed by atoms with E-state index in [-0.39, 0.29) is 21.5 Å². The van der Waals surface area contributed by atoms with Gasteiger partial charge in [0.2, 0.25) is 0 Å². The van der Waals surface area contributed by atoms with Crippen LogP contribution in [0.2, 0.25) is 10.0 Å². The van der Waals surface area contributed by atoms with Crippen LogP contribution in [0.1, 0.15) is 24.2 Å². The van der Waals surface area contributed by atoms with Crippen molar-refractivity contribution >= 4 is 35.1 Å². The average Bonchev–Trinajstić information content (AvgIpc) is 2.37. The number of rotatable bonds is 4. The minimum atomic E-state index is -0.729. The number of ether oxygens (including phenoxy) is 1. The van der Waals surface area contributed by atoms with Crippen molar-refractivity contribution in [2.75, 3.05) is 7.11 Å². The van der Waals surface area contributed by atoms with E-state index in [1.807, 2.05) is 0 Å². The number of hydrogen-bond acceptors (Lipinski definition) is 3. The van der Waals surface area contributed by atoms with E-state index in [4.69, 9.17) is 23.2 Å². The van der Waals surface area contributed by atoms with Gasteiger partial charge in [0, 0.05) is 0 Å². The van der Waals surface area contributed by atoms with Crippen molar-refractivity contribution in [2.24, 2.45) is 5.92 Å². The molecule has 1 aromatic carbocycles. The van der Waals surface area contributed by atoms with Crippen molar-refractivity contribution in [3.8, 4) is 0 Å². The molecule has 0 saturated carbocycles. The minimum absolute atomic E-state index is 0.102. The van der Waals surface area contributed by atoms with Crippen LogP contribution in [-0.4, -0.2) is 25.0 Å². The summed E-state index contributed by atoms with van der Waals surface area (Å²) in [5.41, 5.74) is 0.226. The lowest BCUT2D eigenvalue weighted by molar-refractivity contribution is -0.144. The van der Waals surface area contributed by atoms with Crippen LogP contribution in [0.25, 0.3) is 0 Å². The van der Waals surface area contributed by atoms with Crippen LogP contribution in [0.4, 0.5) is 0 Å². The van der Waals surface area contributed by atoms with Gasteiger partial charge in [-0.25, -0.2) is 4.79 Å². The lowest BCUT2D eigenvalue weighted by atomic mass is 10.0.